The van der Waals surface area contributed by atoms with Crippen molar-refractivity contribution < 1.29 is 9.52 Å². The molecule has 6 nitrogen and oxygen atoms in total. The molecule has 1 fully saturated rings. The van der Waals surface area contributed by atoms with Gasteiger partial charge in [0.25, 0.3) is 0 Å². The molecule has 0 saturated carbocycles. The van der Waals surface area contributed by atoms with E-state index in [2.05, 4.69) is 42.4 Å². The Morgan fingerprint density at radius 2 is 2.07 bits per heavy atom. The number of nitrogens with zero attached hydrogens (tertiary/aromatic N) is 2. The molecule has 1 aromatic rings. The van der Waals surface area contributed by atoms with Crippen molar-refractivity contribution in [1.29, 1.82) is 0 Å². The number of furan rings is 1. The second-order valence-corrected chi connectivity index (χ2v) is 7.88. The van der Waals surface area contributed by atoms with Crippen LogP contribution in [0, 0.1) is 11.8 Å². The quantitative estimate of drug-likeness (QED) is 0.408. The smallest absolute Gasteiger partial charge is 0.191 e. The van der Waals surface area contributed by atoms with Gasteiger partial charge in [-0.25, -0.2) is 0 Å². The van der Waals surface area contributed by atoms with Gasteiger partial charge in [-0.3, -0.25) is 9.89 Å². The van der Waals surface area contributed by atoms with Crippen LogP contribution in [0.25, 0.3) is 0 Å². The highest BCUT2D eigenvalue weighted by Crippen LogP contribution is 2.24. The van der Waals surface area contributed by atoms with Crippen LogP contribution in [-0.4, -0.2) is 55.3 Å². The fourth-order valence-electron chi connectivity index (χ4n) is 3.83. The molecule has 0 spiro atoms. The summed E-state index contributed by atoms with van der Waals surface area (Å²) in [6, 6.07) is 4.26. The number of aliphatic imine (C=N–C) groups is 1. The summed E-state index contributed by atoms with van der Waals surface area (Å²) in [5.41, 5.74) is 0. The van der Waals surface area contributed by atoms with E-state index >= 15 is 0 Å². The van der Waals surface area contributed by atoms with E-state index in [4.69, 9.17) is 9.41 Å². The number of hydrogen-bond donors (Lipinski definition) is 3. The Hall–Kier alpha value is -1.53. The minimum absolute atomic E-state index is 0.229. The van der Waals surface area contributed by atoms with Crippen LogP contribution in [0.3, 0.4) is 0 Å². The van der Waals surface area contributed by atoms with Gasteiger partial charge in [-0.15, -0.1) is 0 Å². The van der Waals surface area contributed by atoms with Crippen LogP contribution in [0.1, 0.15) is 58.3 Å². The summed E-state index contributed by atoms with van der Waals surface area (Å²) in [6.45, 7) is 11.3. The molecule has 27 heavy (non-hydrogen) atoms. The maximum absolute atomic E-state index is 9.33. The van der Waals surface area contributed by atoms with Crippen LogP contribution in [0.5, 0.6) is 0 Å². The molecular formula is C21H38N4O2. The molecule has 0 amide bonds. The minimum atomic E-state index is 0.229. The molecule has 2 atom stereocenters. The molecule has 2 rings (SSSR count). The molecule has 1 saturated heterocycles. The molecule has 1 aliphatic heterocycles. The first-order valence-electron chi connectivity index (χ1n) is 10.5. The van der Waals surface area contributed by atoms with Crippen molar-refractivity contribution in [2.24, 2.45) is 16.8 Å². The molecule has 2 heterocycles. The molecule has 2 unspecified atom stereocenters. The zero-order chi connectivity index (χ0) is 19.5. The lowest BCUT2D eigenvalue weighted by Gasteiger charge is -2.27. The predicted molar refractivity (Wildman–Crippen MR) is 111 cm³/mol. The maximum Gasteiger partial charge on any atom is 0.191 e. The third-order valence-electron chi connectivity index (χ3n) is 5.11. The van der Waals surface area contributed by atoms with Gasteiger partial charge in [0.05, 0.1) is 12.3 Å². The minimum Gasteiger partial charge on any atom is -0.468 e. The second kappa shape index (κ2) is 12.0. The number of nitrogens with one attached hydrogen (secondary N) is 2. The van der Waals surface area contributed by atoms with E-state index in [0.29, 0.717) is 11.8 Å². The number of aliphatic hydroxyl groups is 1. The van der Waals surface area contributed by atoms with Crippen LogP contribution in [0.15, 0.2) is 27.8 Å². The molecule has 1 aliphatic rings. The van der Waals surface area contributed by atoms with Crippen molar-refractivity contribution in [3.8, 4) is 0 Å². The zero-order valence-corrected chi connectivity index (χ0v) is 17.3. The Morgan fingerprint density at radius 1 is 1.30 bits per heavy atom. The third-order valence-corrected chi connectivity index (χ3v) is 5.11. The zero-order valence-electron chi connectivity index (χ0n) is 17.3. The van der Waals surface area contributed by atoms with E-state index in [9.17, 15) is 5.11 Å². The lowest BCUT2D eigenvalue weighted by atomic mass is 9.94. The third kappa shape index (κ3) is 7.54. The van der Waals surface area contributed by atoms with Crippen LogP contribution in [-0.2, 0) is 0 Å². The Bertz CT molecular complexity index is 524. The first-order valence-corrected chi connectivity index (χ1v) is 10.5. The van der Waals surface area contributed by atoms with Gasteiger partial charge in [0.15, 0.2) is 5.96 Å². The molecule has 0 aliphatic carbocycles. The highest BCUT2D eigenvalue weighted by atomic mass is 16.3. The topological polar surface area (TPSA) is 73.0 Å². The fourth-order valence-corrected chi connectivity index (χ4v) is 3.83. The van der Waals surface area contributed by atoms with E-state index in [1.165, 1.54) is 12.8 Å². The first kappa shape index (κ1) is 21.8. The predicted octanol–water partition coefficient (Wildman–Crippen LogP) is 3.02. The first-order chi connectivity index (χ1) is 13.1. The monoisotopic (exact) mass is 378 g/mol. The van der Waals surface area contributed by atoms with Crippen molar-refractivity contribution in [1.82, 2.24) is 15.5 Å². The molecule has 3 N–H and O–H groups in total. The van der Waals surface area contributed by atoms with Gasteiger partial charge in [0.2, 0.25) is 0 Å². The highest BCUT2D eigenvalue weighted by Gasteiger charge is 2.25. The van der Waals surface area contributed by atoms with Gasteiger partial charge in [-0.1, -0.05) is 13.8 Å². The summed E-state index contributed by atoms with van der Waals surface area (Å²) in [5.74, 6) is 2.90. The van der Waals surface area contributed by atoms with Crippen molar-refractivity contribution in [3.05, 3.63) is 24.2 Å². The number of likely N-dealkylation sites (tertiary alicyclic amines) is 1. The maximum atomic E-state index is 9.33. The largest absolute Gasteiger partial charge is 0.468 e. The number of hydrogen-bond acceptors (Lipinski definition) is 4. The molecule has 0 aromatic carbocycles. The average Bonchev–Trinajstić information content (AvgIpc) is 3.33. The molecular weight excluding hydrogens is 340 g/mol. The highest BCUT2D eigenvalue weighted by molar-refractivity contribution is 5.79. The number of aliphatic hydroxyl groups excluding tert-OH is 1. The van der Waals surface area contributed by atoms with Crippen LogP contribution in [0.4, 0.5) is 0 Å². The van der Waals surface area contributed by atoms with E-state index in [-0.39, 0.29) is 12.6 Å². The molecule has 0 radical (unpaired) electrons. The second-order valence-electron chi connectivity index (χ2n) is 7.88. The SMILES string of the molecule is CCNC(=NCC(CCO)CC(C)C)NCC(c1ccco1)N1CCCC1. The normalized spacial score (nSPS) is 18.0. The fraction of sp³-hybridized carbons (Fsp3) is 0.762. The summed E-state index contributed by atoms with van der Waals surface area (Å²) in [6.07, 6.45) is 6.16. The molecule has 0 bridgehead atoms. The van der Waals surface area contributed by atoms with Gasteiger partial charge < -0.3 is 20.2 Å². The van der Waals surface area contributed by atoms with Gasteiger partial charge in [0, 0.05) is 26.2 Å². The van der Waals surface area contributed by atoms with Crippen LogP contribution >= 0.6 is 0 Å². The van der Waals surface area contributed by atoms with E-state index in [1.807, 2.05) is 6.07 Å². The van der Waals surface area contributed by atoms with Gasteiger partial charge in [0.1, 0.15) is 5.76 Å². The van der Waals surface area contributed by atoms with Crippen molar-refractivity contribution in [2.45, 2.75) is 52.5 Å². The summed E-state index contributed by atoms with van der Waals surface area (Å²) in [4.78, 5) is 7.29. The van der Waals surface area contributed by atoms with Crippen LogP contribution in [0.2, 0.25) is 0 Å². The van der Waals surface area contributed by atoms with Crippen LogP contribution < -0.4 is 10.6 Å². The Balaban J connectivity index is 1.97. The van der Waals surface area contributed by atoms with Crippen molar-refractivity contribution in [2.75, 3.05) is 39.3 Å². The lowest BCUT2D eigenvalue weighted by molar-refractivity contribution is 0.215. The van der Waals surface area contributed by atoms with E-state index in [0.717, 1.165) is 57.3 Å². The summed E-state index contributed by atoms with van der Waals surface area (Å²) in [5, 5.41) is 16.2. The number of rotatable bonds is 11. The van der Waals surface area contributed by atoms with Gasteiger partial charge >= 0.3 is 0 Å². The number of guanidine groups is 1. The van der Waals surface area contributed by atoms with Crippen molar-refractivity contribution in [3.63, 3.8) is 0 Å². The Kier molecular flexibility index (Phi) is 9.70. The lowest BCUT2D eigenvalue weighted by Crippen LogP contribution is -2.42. The Morgan fingerprint density at radius 3 is 2.67 bits per heavy atom. The summed E-state index contributed by atoms with van der Waals surface area (Å²) >= 11 is 0. The summed E-state index contributed by atoms with van der Waals surface area (Å²) < 4.78 is 5.70. The average molecular weight is 379 g/mol. The van der Waals surface area contributed by atoms with E-state index < -0.39 is 0 Å². The molecule has 1 aromatic heterocycles. The Labute approximate surface area is 164 Å². The van der Waals surface area contributed by atoms with Gasteiger partial charge in [-0.2, -0.15) is 0 Å². The molecule has 6 heteroatoms. The van der Waals surface area contributed by atoms with Crippen molar-refractivity contribution >= 4 is 5.96 Å². The molecule has 154 valence electrons. The standard InChI is InChI=1S/C21H38N4O2/c1-4-22-21(23-15-18(9-12-26)14-17(2)3)24-16-19(20-8-7-13-27-20)25-10-5-6-11-25/h7-8,13,17-19,26H,4-6,9-12,14-16H2,1-3H3,(H2,22,23,24). The summed E-state index contributed by atoms with van der Waals surface area (Å²) in [7, 11) is 0. The van der Waals surface area contributed by atoms with E-state index in [1.54, 1.807) is 6.26 Å². The van der Waals surface area contributed by atoms with Gasteiger partial charge in [-0.05, 0) is 69.7 Å².